The van der Waals surface area contributed by atoms with E-state index in [2.05, 4.69) is 0 Å². The van der Waals surface area contributed by atoms with Gasteiger partial charge >= 0.3 is 18.0 Å². The third-order valence-corrected chi connectivity index (χ3v) is 12.2. The first-order valence-corrected chi connectivity index (χ1v) is 15.5. The molecule has 2 aromatic carbocycles. The van der Waals surface area contributed by atoms with E-state index in [1.165, 1.54) is 12.1 Å². The third kappa shape index (κ3) is 4.37. The second-order valence-corrected chi connectivity index (χ2v) is 14.4. The van der Waals surface area contributed by atoms with Gasteiger partial charge in [0.2, 0.25) is 5.91 Å². The summed E-state index contributed by atoms with van der Waals surface area (Å²) in [4.78, 5) is 15.5. The Kier molecular flexibility index (Phi) is 7.30. The van der Waals surface area contributed by atoms with Crippen LogP contribution >= 0.6 is 0 Å². The minimum atomic E-state index is -6.30. The van der Waals surface area contributed by atoms with Gasteiger partial charge in [-0.2, -0.15) is 26.3 Å². The number of benzene rings is 2. The van der Waals surface area contributed by atoms with Gasteiger partial charge in [-0.25, -0.2) is 12.8 Å². The fraction of sp³-hybridized carbons (Fsp3) is 0.567. The average Bonchev–Trinajstić information content (AvgIpc) is 3.33. The molecule has 1 saturated carbocycles. The molecule has 0 bridgehead atoms. The van der Waals surface area contributed by atoms with Gasteiger partial charge in [0.1, 0.15) is 4.75 Å². The SMILES string of the molecule is Cc1ccc(S(=O)(=O)C23CCN(C(=O)C4(C)CCCCC4)C2CCc2cc(C(F)(C(F)(F)F)C(F)(F)F)ccc23)cc1. The van der Waals surface area contributed by atoms with Gasteiger partial charge in [0.25, 0.3) is 0 Å². The number of hydrogen-bond donors (Lipinski definition) is 0. The zero-order valence-corrected chi connectivity index (χ0v) is 24.0. The van der Waals surface area contributed by atoms with Crippen LogP contribution in [0.3, 0.4) is 0 Å². The summed E-state index contributed by atoms with van der Waals surface area (Å²) in [6.45, 7) is 3.69. The van der Waals surface area contributed by atoms with Crippen molar-refractivity contribution < 1.29 is 43.9 Å². The molecule has 1 aliphatic heterocycles. The molecule has 5 rings (SSSR count). The zero-order chi connectivity index (χ0) is 30.9. The third-order valence-electron chi connectivity index (χ3n) is 9.61. The standard InChI is InChI=1S/C30H32F7NO3S/c1-19-6-10-22(11-7-19)42(40,41)27-16-17-38(25(39)26(2)14-4-3-5-15-26)24(27)13-8-20-18-21(9-12-23(20)27)28(31,29(32,33)34)30(35,36)37/h6-7,9-12,18,24H,3-5,8,13-17H2,1-2H3. The molecule has 2 atom stereocenters. The van der Waals surface area contributed by atoms with Crippen molar-refractivity contribution in [2.24, 2.45) is 5.41 Å². The Morgan fingerprint density at radius 3 is 2.05 bits per heavy atom. The van der Waals surface area contributed by atoms with Crippen molar-refractivity contribution in [2.75, 3.05) is 6.54 Å². The van der Waals surface area contributed by atoms with Crippen LogP contribution in [0.5, 0.6) is 0 Å². The number of rotatable bonds is 4. The van der Waals surface area contributed by atoms with Crippen LogP contribution in [-0.2, 0) is 31.5 Å². The van der Waals surface area contributed by atoms with E-state index in [0.717, 1.165) is 30.9 Å². The van der Waals surface area contributed by atoms with Gasteiger partial charge in [-0.05, 0) is 62.3 Å². The van der Waals surface area contributed by atoms with E-state index >= 15 is 4.39 Å². The summed E-state index contributed by atoms with van der Waals surface area (Å²) in [5.74, 6) is -0.190. The molecule has 1 saturated heterocycles. The number of hydrogen-bond acceptors (Lipinski definition) is 3. The lowest BCUT2D eigenvalue weighted by molar-refractivity contribution is -0.348. The van der Waals surface area contributed by atoms with Crippen LogP contribution in [0.1, 0.15) is 74.1 Å². The highest BCUT2D eigenvalue weighted by atomic mass is 32.2. The van der Waals surface area contributed by atoms with Gasteiger partial charge in [-0.15, -0.1) is 0 Å². The maximum absolute atomic E-state index is 15.0. The predicted octanol–water partition coefficient (Wildman–Crippen LogP) is 7.47. The molecule has 3 aliphatic rings. The van der Waals surface area contributed by atoms with E-state index in [-0.39, 0.29) is 47.7 Å². The second kappa shape index (κ2) is 9.95. The molecular weight excluding hydrogens is 587 g/mol. The van der Waals surface area contributed by atoms with Crippen LogP contribution in [0.15, 0.2) is 47.4 Å². The van der Waals surface area contributed by atoms with Crippen molar-refractivity contribution in [1.82, 2.24) is 4.90 Å². The Morgan fingerprint density at radius 1 is 0.881 bits per heavy atom. The number of carbonyl (C=O) groups is 1. The number of amides is 1. The lowest BCUT2D eigenvalue weighted by Gasteiger charge is -2.45. The van der Waals surface area contributed by atoms with Gasteiger partial charge < -0.3 is 4.90 Å². The highest BCUT2D eigenvalue weighted by Gasteiger charge is 2.74. The van der Waals surface area contributed by atoms with Crippen LogP contribution < -0.4 is 0 Å². The Balaban J connectivity index is 1.69. The monoisotopic (exact) mass is 619 g/mol. The van der Waals surface area contributed by atoms with Crippen LogP contribution in [0.4, 0.5) is 30.7 Å². The van der Waals surface area contributed by atoms with E-state index in [1.54, 1.807) is 24.0 Å². The van der Waals surface area contributed by atoms with E-state index in [0.29, 0.717) is 25.0 Å². The maximum Gasteiger partial charge on any atom is 0.435 e. The summed E-state index contributed by atoms with van der Waals surface area (Å²) in [5.41, 5.74) is -7.29. The molecule has 0 spiro atoms. The Morgan fingerprint density at radius 2 is 1.48 bits per heavy atom. The molecule has 2 fully saturated rings. The number of likely N-dealkylation sites (tertiary alicyclic amines) is 1. The summed E-state index contributed by atoms with van der Waals surface area (Å²) in [6.07, 6.45) is -8.86. The lowest BCUT2D eigenvalue weighted by Crippen LogP contribution is -2.55. The van der Waals surface area contributed by atoms with E-state index < -0.39 is 49.6 Å². The van der Waals surface area contributed by atoms with Gasteiger partial charge in [0, 0.05) is 17.5 Å². The van der Waals surface area contributed by atoms with Crippen LogP contribution in [0, 0.1) is 12.3 Å². The van der Waals surface area contributed by atoms with Crippen molar-refractivity contribution in [3.05, 3.63) is 64.7 Å². The Bertz CT molecular complexity index is 1460. The largest absolute Gasteiger partial charge is 0.435 e. The summed E-state index contributed by atoms with van der Waals surface area (Å²) in [7, 11) is -4.34. The number of halogens is 7. The molecule has 2 unspecified atom stereocenters. The lowest BCUT2D eigenvalue weighted by atomic mass is 9.73. The molecule has 0 radical (unpaired) electrons. The molecule has 2 aliphatic carbocycles. The predicted molar refractivity (Wildman–Crippen MR) is 141 cm³/mol. The summed E-state index contributed by atoms with van der Waals surface area (Å²) < 4.78 is 124. The molecule has 1 heterocycles. The molecule has 230 valence electrons. The van der Waals surface area contributed by atoms with E-state index in [1.807, 2.05) is 6.92 Å². The number of nitrogens with zero attached hydrogens (tertiary/aromatic N) is 1. The first kappa shape index (κ1) is 30.8. The van der Waals surface area contributed by atoms with E-state index in [9.17, 15) is 39.6 Å². The maximum atomic E-state index is 15.0. The van der Waals surface area contributed by atoms with Crippen molar-refractivity contribution in [1.29, 1.82) is 0 Å². The average molecular weight is 620 g/mol. The smallest absolute Gasteiger partial charge is 0.337 e. The molecule has 0 N–H and O–H groups in total. The van der Waals surface area contributed by atoms with Gasteiger partial charge in [-0.3, -0.25) is 4.79 Å². The number of sulfone groups is 1. The highest BCUT2D eigenvalue weighted by molar-refractivity contribution is 7.92. The second-order valence-electron chi connectivity index (χ2n) is 12.2. The summed E-state index contributed by atoms with van der Waals surface area (Å²) in [6, 6.07) is 6.90. The normalized spacial score (nSPS) is 24.7. The zero-order valence-electron chi connectivity index (χ0n) is 23.2. The number of carbonyl (C=O) groups excluding carboxylic acids is 1. The topological polar surface area (TPSA) is 54.5 Å². The molecule has 12 heteroatoms. The van der Waals surface area contributed by atoms with Crippen molar-refractivity contribution in [2.45, 2.75) is 98.9 Å². The van der Waals surface area contributed by atoms with Gasteiger partial charge in [0.05, 0.1) is 10.9 Å². The minimum absolute atomic E-state index is 0.0128. The fourth-order valence-corrected chi connectivity index (χ4v) is 9.66. The minimum Gasteiger partial charge on any atom is -0.337 e. The Labute approximate surface area is 240 Å². The number of aryl methyl sites for hydroxylation is 2. The number of fused-ring (bicyclic) bond motifs is 3. The van der Waals surface area contributed by atoms with Crippen molar-refractivity contribution >= 4 is 15.7 Å². The first-order valence-electron chi connectivity index (χ1n) is 14.0. The van der Waals surface area contributed by atoms with Crippen molar-refractivity contribution in [3.8, 4) is 0 Å². The summed E-state index contributed by atoms with van der Waals surface area (Å²) in [5, 5.41) is 0. The van der Waals surface area contributed by atoms with Crippen LogP contribution in [-0.4, -0.2) is 44.2 Å². The van der Waals surface area contributed by atoms with Gasteiger partial charge in [0.15, 0.2) is 9.84 Å². The molecular formula is C30H32F7NO3S. The van der Waals surface area contributed by atoms with Gasteiger partial charge in [-0.1, -0.05) is 62.1 Å². The fourth-order valence-electron chi connectivity index (χ4n) is 7.29. The number of alkyl halides is 7. The first-order chi connectivity index (χ1) is 19.4. The highest BCUT2D eigenvalue weighted by Crippen LogP contribution is 2.57. The van der Waals surface area contributed by atoms with Crippen LogP contribution in [0.2, 0.25) is 0 Å². The summed E-state index contributed by atoms with van der Waals surface area (Å²) >= 11 is 0. The molecule has 42 heavy (non-hydrogen) atoms. The van der Waals surface area contributed by atoms with Crippen molar-refractivity contribution in [3.63, 3.8) is 0 Å². The van der Waals surface area contributed by atoms with Crippen LogP contribution in [0.25, 0.3) is 0 Å². The molecule has 0 aromatic heterocycles. The molecule has 2 aromatic rings. The Hall–Kier alpha value is -2.63. The quantitative estimate of drug-likeness (QED) is 0.334. The van der Waals surface area contributed by atoms with E-state index in [4.69, 9.17) is 0 Å². The molecule has 4 nitrogen and oxygen atoms in total. The molecule has 1 amide bonds.